The normalized spacial score (nSPS) is 10.3. The van der Waals surface area contributed by atoms with Crippen molar-refractivity contribution in [3.63, 3.8) is 0 Å². The van der Waals surface area contributed by atoms with Gasteiger partial charge in [-0.2, -0.15) is 0 Å². The lowest BCUT2D eigenvalue weighted by Crippen LogP contribution is -2.01. The second kappa shape index (κ2) is 4.75. The number of pyridine rings is 1. The van der Waals surface area contributed by atoms with Crippen molar-refractivity contribution in [3.05, 3.63) is 53.7 Å². The Labute approximate surface area is 94.1 Å². The Kier molecular flexibility index (Phi) is 3.15. The molecule has 3 heteroatoms. The van der Waals surface area contributed by atoms with Crippen LogP contribution in [0.4, 0.5) is 0 Å². The number of furan rings is 1. The Hall–Kier alpha value is -1.90. The van der Waals surface area contributed by atoms with Crippen LogP contribution in [0, 0.1) is 6.92 Å². The quantitative estimate of drug-likeness (QED) is 0.736. The van der Waals surface area contributed by atoms with Gasteiger partial charge in [-0.1, -0.05) is 0 Å². The fourth-order valence-corrected chi connectivity index (χ4v) is 1.47. The van der Waals surface area contributed by atoms with Gasteiger partial charge in [-0.25, -0.2) is 0 Å². The van der Waals surface area contributed by atoms with Crippen molar-refractivity contribution in [2.24, 2.45) is 0 Å². The van der Waals surface area contributed by atoms with Gasteiger partial charge < -0.3 is 4.42 Å². The standard InChI is InChI=1S/C13H13NO2/c1-10-4-5-11(9-14-10)13(15)7-6-12-3-2-8-16-12/h2-5,8-9H,6-7H2,1H3. The zero-order chi connectivity index (χ0) is 11.4. The predicted octanol–water partition coefficient (Wildman–Crippen LogP) is 2.80. The summed E-state index contributed by atoms with van der Waals surface area (Å²) in [6, 6.07) is 7.36. The first kappa shape index (κ1) is 10.6. The Bertz CT molecular complexity index is 457. The van der Waals surface area contributed by atoms with Crippen molar-refractivity contribution in [1.82, 2.24) is 4.98 Å². The summed E-state index contributed by atoms with van der Waals surface area (Å²) in [6.07, 6.45) is 4.34. The molecule has 0 aliphatic heterocycles. The number of ketones is 1. The van der Waals surface area contributed by atoms with Crippen LogP contribution >= 0.6 is 0 Å². The first-order chi connectivity index (χ1) is 7.75. The highest BCUT2D eigenvalue weighted by atomic mass is 16.3. The average molecular weight is 215 g/mol. The molecule has 0 amide bonds. The Balaban J connectivity index is 1.95. The number of carbonyl (C=O) groups excluding carboxylic acids is 1. The van der Waals surface area contributed by atoms with E-state index in [4.69, 9.17) is 4.42 Å². The van der Waals surface area contributed by atoms with Crippen LogP contribution < -0.4 is 0 Å². The van der Waals surface area contributed by atoms with Gasteiger partial charge >= 0.3 is 0 Å². The molecule has 0 atom stereocenters. The fourth-order valence-electron chi connectivity index (χ4n) is 1.47. The van der Waals surface area contributed by atoms with E-state index < -0.39 is 0 Å². The highest BCUT2D eigenvalue weighted by molar-refractivity contribution is 5.95. The van der Waals surface area contributed by atoms with Crippen molar-refractivity contribution in [2.75, 3.05) is 0 Å². The number of Topliss-reactive ketones (excluding diaryl/α,β-unsaturated/α-hetero) is 1. The first-order valence-corrected chi connectivity index (χ1v) is 5.24. The summed E-state index contributed by atoms with van der Waals surface area (Å²) >= 11 is 0. The van der Waals surface area contributed by atoms with Crippen LogP contribution in [-0.4, -0.2) is 10.8 Å². The number of hydrogen-bond acceptors (Lipinski definition) is 3. The molecule has 16 heavy (non-hydrogen) atoms. The minimum Gasteiger partial charge on any atom is -0.469 e. The maximum absolute atomic E-state index is 11.8. The minimum atomic E-state index is 0.101. The molecular formula is C13H13NO2. The molecule has 0 saturated carbocycles. The van der Waals surface area contributed by atoms with Crippen molar-refractivity contribution < 1.29 is 9.21 Å². The lowest BCUT2D eigenvalue weighted by Gasteiger charge is -1.99. The molecule has 0 spiro atoms. The zero-order valence-corrected chi connectivity index (χ0v) is 9.14. The van der Waals surface area contributed by atoms with Gasteiger partial charge in [-0.3, -0.25) is 9.78 Å². The Morgan fingerprint density at radius 3 is 2.88 bits per heavy atom. The third-order valence-corrected chi connectivity index (χ3v) is 2.41. The monoisotopic (exact) mass is 215 g/mol. The van der Waals surface area contributed by atoms with Crippen LogP contribution in [0.3, 0.4) is 0 Å². The number of aromatic nitrogens is 1. The van der Waals surface area contributed by atoms with Crippen molar-refractivity contribution in [3.8, 4) is 0 Å². The highest BCUT2D eigenvalue weighted by Gasteiger charge is 2.07. The lowest BCUT2D eigenvalue weighted by molar-refractivity contribution is 0.0980. The average Bonchev–Trinajstić information content (AvgIpc) is 2.80. The van der Waals surface area contributed by atoms with Crippen molar-refractivity contribution in [1.29, 1.82) is 0 Å². The van der Waals surface area contributed by atoms with Gasteiger partial charge in [-0.15, -0.1) is 0 Å². The van der Waals surface area contributed by atoms with Crippen LogP contribution in [-0.2, 0) is 6.42 Å². The number of aryl methyl sites for hydroxylation is 2. The van der Waals surface area contributed by atoms with E-state index in [9.17, 15) is 4.79 Å². The van der Waals surface area contributed by atoms with E-state index in [2.05, 4.69) is 4.98 Å². The van der Waals surface area contributed by atoms with E-state index in [1.165, 1.54) is 0 Å². The minimum absolute atomic E-state index is 0.101. The van der Waals surface area contributed by atoms with Gasteiger partial charge in [0.15, 0.2) is 5.78 Å². The van der Waals surface area contributed by atoms with Crippen LogP contribution in [0.1, 0.15) is 28.2 Å². The number of carbonyl (C=O) groups is 1. The van der Waals surface area contributed by atoms with Crippen LogP contribution in [0.5, 0.6) is 0 Å². The summed E-state index contributed by atoms with van der Waals surface area (Å²) in [7, 11) is 0. The number of rotatable bonds is 4. The maximum Gasteiger partial charge on any atom is 0.164 e. The summed E-state index contributed by atoms with van der Waals surface area (Å²) in [6.45, 7) is 1.90. The van der Waals surface area contributed by atoms with Gasteiger partial charge in [0, 0.05) is 30.3 Å². The van der Waals surface area contributed by atoms with Gasteiger partial charge in [0.1, 0.15) is 5.76 Å². The molecule has 2 aromatic heterocycles. The zero-order valence-electron chi connectivity index (χ0n) is 9.14. The summed E-state index contributed by atoms with van der Waals surface area (Å²) in [5.41, 5.74) is 1.58. The van der Waals surface area contributed by atoms with Crippen LogP contribution in [0.15, 0.2) is 41.1 Å². The predicted molar refractivity (Wildman–Crippen MR) is 60.3 cm³/mol. The van der Waals surface area contributed by atoms with Gasteiger partial charge in [0.05, 0.1) is 6.26 Å². The van der Waals surface area contributed by atoms with Gasteiger partial charge in [0.25, 0.3) is 0 Å². The smallest absolute Gasteiger partial charge is 0.164 e. The molecule has 0 aromatic carbocycles. The molecular weight excluding hydrogens is 202 g/mol. The molecule has 0 radical (unpaired) electrons. The highest BCUT2D eigenvalue weighted by Crippen LogP contribution is 2.08. The summed E-state index contributed by atoms with van der Waals surface area (Å²) in [5.74, 6) is 0.942. The molecule has 0 bridgehead atoms. The molecule has 2 heterocycles. The van der Waals surface area contributed by atoms with E-state index in [0.29, 0.717) is 18.4 Å². The SMILES string of the molecule is Cc1ccc(C(=O)CCc2ccco2)cn1. The van der Waals surface area contributed by atoms with Crippen molar-refractivity contribution >= 4 is 5.78 Å². The number of nitrogens with zero attached hydrogens (tertiary/aromatic N) is 1. The number of hydrogen-bond donors (Lipinski definition) is 0. The molecule has 0 unspecified atom stereocenters. The Morgan fingerprint density at radius 1 is 1.38 bits per heavy atom. The molecule has 0 N–H and O–H groups in total. The molecule has 0 fully saturated rings. The molecule has 0 saturated heterocycles. The third-order valence-electron chi connectivity index (χ3n) is 2.41. The topological polar surface area (TPSA) is 43.1 Å². The van der Waals surface area contributed by atoms with E-state index in [1.54, 1.807) is 12.5 Å². The summed E-state index contributed by atoms with van der Waals surface area (Å²) in [4.78, 5) is 15.9. The van der Waals surface area contributed by atoms with Gasteiger partial charge in [-0.05, 0) is 31.2 Å². The lowest BCUT2D eigenvalue weighted by atomic mass is 10.1. The molecule has 2 rings (SSSR count). The molecule has 3 nitrogen and oxygen atoms in total. The third kappa shape index (κ3) is 2.57. The van der Waals surface area contributed by atoms with E-state index in [1.807, 2.05) is 31.2 Å². The van der Waals surface area contributed by atoms with E-state index >= 15 is 0 Å². The van der Waals surface area contributed by atoms with Crippen LogP contribution in [0.2, 0.25) is 0 Å². The largest absolute Gasteiger partial charge is 0.469 e. The second-order valence-corrected chi connectivity index (χ2v) is 3.69. The summed E-state index contributed by atoms with van der Waals surface area (Å²) < 4.78 is 5.17. The molecule has 0 aliphatic carbocycles. The van der Waals surface area contributed by atoms with E-state index in [-0.39, 0.29) is 5.78 Å². The van der Waals surface area contributed by atoms with Crippen molar-refractivity contribution in [2.45, 2.75) is 19.8 Å². The molecule has 0 aliphatic rings. The first-order valence-electron chi connectivity index (χ1n) is 5.24. The van der Waals surface area contributed by atoms with Crippen LogP contribution in [0.25, 0.3) is 0 Å². The maximum atomic E-state index is 11.8. The molecule has 82 valence electrons. The Morgan fingerprint density at radius 2 is 2.25 bits per heavy atom. The van der Waals surface area contributed by atoms with E-state index in [0.717, 1.165) is 11.5 Å². The summed E-state index contributed by atoms with van der Waals surface area (Å²) in [5, 5.41) is 0. The van der Waals surface area contributed by atoms with Gasteiger partial charge in [0.2, 0.25) is 0 Å². The molecule has 2 aromatic rings. The fraction of sp³-hybridized carbons (Fsp3) is 0.231. The second-order valence-electron chi connectivity index (χ2n) is 3.69.